The van der Waals surface area contributed by atoms with Crippen LogP contribution in [-0.4, -0.2) is 26.0 Å². The maximum atomic E-state index is 12.5. The lowest BCUT2D eigenvalue weighted by Gasteiger charge is -2.05. The number of hydrogen-bond donors (Lipinski definition) is 3. The zero-order valence-corrected chi connectivity index (χ0v) is 12.0. The second kappa shape index (κ2) is 5.87. The van der Waals surface area contributed by atoms with E-state index < -0.39 is 5.97 Å². The van der Waals surface area contributed by atoms with Gasteiger partial charge in [-0.05, 0) is 24.5 Å². The van der Waals surface area contributed by atoms with Crippen molar-refractivity contribution in [1.29, 1.82) is 0 Å². The first-order valence-corrected chi connectivity index (χ1v) is 6.75. The molecule has 0 aliphatic heterocycles. The molecule has 2 rings (SSSR count). The van der Waals surface area contributed by atoms with Crippen molar-refractivity contribution in [3.63, 3.8) is 0 Å². The van der Waals surface area contributed by atoms with Crippen molar-refractivity contribution in [2.75, 3.05) is 0 Å². The summed E-state index contributed by atoms with van der Waals surface area (Å²) in [5.74, 6) is -0.804. The van der Waals surface area contributed by atoms with E-state index in [0.29, 0.717) is 11.3 Å². The number of benzene rings is 1. The fraction of sp³-hybridized carbons (Fsp3) is 0.333. The summed E-state index contributed by atoms with van der Waals surface area (Å²) in [7, 11) is 0. The molecule has 0 unspecified atom stereocenters. The molecule has 6 heteroatoms. The Balaban J connectivity index is 2.51. The third kappa shape index (κ3) is 3.16. The molecule has 1 heterocycles. The number of hydrogen-bond acceptors (Lipinski definition) is 3. The molecule has 0 amide bonds. The molecule has 3 N–H and O–H groups in total. The van der Waals surface area contributed by atoms with Gasteiger partial charge in [-0.25, -0.2) is 4.68 Å². The van der Waals surface area contributed by atoms with E-state index in [1.54, 1.807) is 12.1 Å². The van der Waals surface area contributed by atoms with Crippen LogP contribution >= 0.6 is 0 Å². The van der Waals surface area contributed by atoms with Crippen LogP contribution in [0.1, 0.15) is 37.4 Å². The first kappa shape index (κ1) is 14.9. The van der Waals surface area contributed by atoms with Gasteiger partial charge in [0.2, 0.25) is 0 Å². The van der Waals surface area contributed by atoms with Gasteiger partial charge >= 0.3 is 5.97 Å². The summed E-state index contributed by atoms with van der Waals surface area (Å²) in [5, 5.41) is 21.3. The van der Waals surface area contributed by atoms with Crippen molar-refractivity contribution < 1.29 is 15.0 Å². The van der Waals surface area contributed by atoms with Gasteiger partial charge in [0.1, 0.15) is 5.75 Å². The van der Waals surface area contributed by atoms with Gasteiger partial charge in [0, 0.05) is 23.7 Å². The van der Waals surface area contributed by atoms with Crippen molar-refractivity contribution in [2.45, 2.75) is 32.6 Å². The number of carbonyl (C=O) groups is 1. The summed E-state index contributed by atoms with van der Waals surface area (Å²) in [6, 6.07) is 6.34. The van der Waals surface area contributed by atoms with E-state index in [-0.39, 0.29) is 30.1 Å². The number of aromatic amines is 1. The summed E-state index contributed by atoms with van der Waals surface area (Å²) in [5.41, 5.74) is 1.45. The summed E-state index contributed by atoms with van der Waals surface area (Å²) >= 11 is 0. The summed E-state index contributed by atoms with van der Waals surface area (Å²) in [6.45, 7) is 3.87. The van der Waals surface area contributed by atoms with Crippen molar-refractivity contribution in [3.05, 3.63) is 45.9 Å². The summed E-state index contributed by atoms with van der Waals surface area (Å²) < 4.78 is 1.34. The lowest BCUT2D eigenvalue weighted by Crippen LogP contribution is -2.18. The summed E-state index contributed by atoms with van der Waals surface area (Å²) in [6.07, 6.45) is 0.0941. The van der Waals surface area contributed by atoms with Gasteiger partial charge in [-0.3, -0.25) is 14.7 Å². The molecule has 0 aliphatic rings. The van der Waals surface area contributed by atoms with Gasteiger partial charge in [0.25, 0.3) is 5.56 Å². The largest absolute Gasteiger partial charge is 0.508 e. The first-order chi connectivity index (χ1) is 9.90. The minimum atomic E-state index is -0.936. The summed E-state index contributed by atoms with van der Waals surface area (Å²) in [4.78, 5) is 23.2. The molecule has 2 aromatic rings. The Bertz CT molecular complexity index is 713. The third-order valence-electron chi connectivity index (χ3n) is 3.27. The number of rotatable bonds is 5. The average Bonchev–Trinajstić information content (AvgIpc) is 2.73. The van der Waals surface area contributed by atoms with Crippen LogP contribution in [0.25, 0.3) is 5.69 Å². The van der Waals surface area contributed by atoms with Gasteiger partial charge in [-0.2, -0.15) is 0 Å². The van der Waals surface area contributed by atoms with Crippen LogP contribution in [0.2, 0.25) is 0 Å². The van der Waals surface area contributed by atoms with Crippen LogP contribution in [0.4, 0.5) is 0 Å². The fourth-order valence-corrected chi connectivity index (χ4v) is 2.25. The van der Waals surface area contributed by atoms with Gasteiger partial charge in [-0.1, -0.05) is 19.9 Å². The molecule has 112 valence electrons. The minimum absolute atomic E-state index is 0.0622. The van der Waals surface area contributed by atoms with Crippen LogP contribution < -0.4 is 5.56 Å². The monoisotopic (exact) mass is 290 g/mol. The highest BCUT2D eigenvalue weighted by Gasteiger charge is 2.18. The van der Waals surface area contributed by atoms with Gasteiger partial charge in [0.05, 0.1) is 5.69 Å². The van der Waals surface area contributed by atoms with E-state index in [9.17, 15) is 14.7 Å². The highest BCUT2D eigenvalue weighted by atomic mass is 16.4. The molecule has 0 radical (unpaired) electrons. The SMILES string of the molecule is CC(C)c1[nH]n(-c2cccc(O)c2)c(=O)c1CCC(=O)O. The Kier molecular flexibility index (Phi) is 4.16. The molecular formula is C15H18N2O4. The zero-order valence-electron chi connectivity index (χ0n) is 12.0. The van der Waals surface area contributed by atoms with E-state index in [2.05, 4.69) is 5.10 Å². The maximum Gasteiger partial charge on any atom is 0.303 e. The number of H-pyrrole nitrogens is 1. The molecule has 21 heavy (non-hydrogen) atoms. The van der Waals surface area contributed by atoms with Gasteiger partial charge < -0.3 is 10.2 Å². The smallest absolute Gasteiger partial charge is 0.303 e. The van der Waals surface area contributed by atoms with E-state index >= 15 is 0 Å². The van der Waals surface area contributed by atoms with Crippen molar-refractivity contribution in [3.8, 4) is 11.4 Å². The molecule has 0 fully saturated rings. The highest BCUT2D eigenvalue weighted by molar-refractivity contribution is 5.67. The van der Waals surface area contributed by atoms with Crippen molar-refractivity contribution >= 4 is 5.97 Å². The quantitative estimate of drug-likeness (QED) is 0.785. The minimum Gasteiger partial charge on any atom is -0.508 e. The number of aromatic hydroxyl groups is 1. The normalized spacial score (nSPS) is 11.0. The van der Waals surface area contributed by atoms with Crippen LogP contribution in [0.5, 0.6) is 5.75 Å². The molecule has 0 saturated carbocycles. The first-order valence-electron chi connectivity index (χ1n) is 6.75. The molecule has 1 aromatic carbocycles. The van der Waals surface area contributed by atoms with Crippen LogP contribution in [0.3, 0.4) is 0 Å². The highest BCUT2D eigenvalue weighted by Crippen LogP contribution is 2.19. The van der Waals surface area contributed by atoms with Gasteiger partial charge in [0.15, 0.2) is 0 Å². The number of nitrogens with one attached hydrogen (secondary N) is 1. The Hall–Kier alpha value is -2.50. The topological polar surface area (TPSA) is 95.3 Å². The lowest BCUT2D eigenvalue weighted by atomic mass is 10.0. The van der Waals surface area contributed by atoms with Crippen LogP contribution in [0, 0.1) is 0 Å². The van der Waals surface area contributed by atoms with Crippen LogP contribution in [-0.2, 0) is 11.2 Å². The van der Waals surface area contributed by atoms with E-state index in [0.717, 1.165) is 5.69 Å². The molecule has 0 bridgehead atoms. The Morgan fingerprint density at radius 1 is 1.38 bits per heavy atom. The third-order valence-corrected chi connectivity index (χ3v) is 3.27. The van der Waals surface area contributed by atoms with E-state index in [1.807, 2.05) is 13.8 Å². The second-order valence-electron chi connectivity index (χ2n) is 5.21. The van der Waals surface area contributed by atoms with Crippen molar-refractivity contribution in [1.82, 2.24) is 9.78 Å². The van der Waals surface area contributed by atoms with Gasteiger partial charge in [-0.15, -0.1) is 0 Å². The number of carboxylic acids is 1. The predicted molar refractivity (Wildman–Crippen MR) is 78.1 cm³/mol. The van der Waals surface area contributed by atoms with Crippen LogP contribution in [0.15, 0.2) is 29.1 Å². The fourth-order valence-electron chi connectivity index (χ4n) is 2.25. The number of carboxylic acid groups (broad SMARTS) is 1. The Labute approximate surface area is 121 Å². The molecule has 0 saturated heterocycles. The number of aromatic nitrogens is 2. The Morgan fingerprint density at radius 3 is 2.67 bits per heavy atom. The predicted octanol–water partition coefficient (Wildman–Crippen LogP) is 2.01. The van der Waals surface area contributed by atoms with Crippen molar-refractivity contribution in [2.24, 2.45) is 0 Å². The molecular weight excluding hydrogens is 272 g/mol. The molecule has 0 atom stereocenters. The number of phenols is 1. The lowest BCUT2D eigenvalue weighted by molar-refractivity contribution is -0.136. The molecule has 0 aliphatic carbocycles. The molecule has 1 aromatic heterocycles. The standard InChI is InChI=1S/C15H18N2O4/c1-9(2)14-12(6-7-13(19)20)15(21)17(16-14)10-4-3-5-11(18)8-10/h3-5,8-9,16,18H,6-7H2,1-2H3,(H,19,20). The zero-order chi connectivity index (χ0) is 15.6. The average molecular weight is 290 g/mol. The number of phenolic OH excluding ortho intramolecular Hbond substituents is 1. The molecule has 6 nitrogen and oxygen atoms in total. The van der Waals surface area contributed by atoms with E-state index in [1.165, 1.54) is 16.8 Å². The number of nitrogens with zero attached hydrogens (tertiary/aromatic N) is 1. The maximum absolute atomic E-state index is 12.5. The Morgan fingerprint density at radius 2 is 2.10 bits per heavy atom. The van der Waals surface area contributed by atoms with E-state index in [4.69, 9.17) is 5.11 Å². The molecule has 0 spiro atoms. The number of aliphatic carboxylic acids is 1. The second-order valence-corrected chi connectivity index (χ2v) is 5.21.